The Balaban J connectivity index is 2.64. The van der Waals surface area contributed by atoms with E-state index in [1.54, 1.807) is 0 Å². The number of fused-ring (bicyclic) bond motifs is 1. The third kappa shape index (κ3) is 2.71. The van der Waals surface area contributed by atoms with Crippen LogP contribution in [0.3, 0.4) is 0 Å². The van der Waals surface area contributed by atoms with Gasteiger partial charge < -0.3 is 15.2 Å². The molecule has 2 rings (SSSR count). The monoisotopic (exact) mass is 283 g/mol. The van der Waals surface area contributed by atoms with Gasteiger partial charge in [-0.1, -0.05) is 13.8 Å². The van der Waals surface area contributed by atoms with Gasteiger partial charge in [0.05, 0.1) is 12.6 Å². The lowest BCUT2D eigenvalue weighted by Crippen LogP contribution is -2.06. The summed E-state index contributed by atoms with van der Waals surface area (Å²) >= 11 is 0. The van der Waals surface area contributed by atoms with Crippen molar-refractivity contribution in [2.45, 2.75) is 26.4 Å². The molecule has 1 heterocycles. The van der Waals surface area contributed by atoms with E-state index in [2.05, 4.69) is 14.7 Å². The van der Waals surface area contributed by atoms with Crippen molar-refractivity contribution in [1.82, 2.24) is 9.97 Å². The van der Waals surface area contributed by atoms with Crippen LogP contribution in [0.15, 0.2) is 12.1 Å². The minimum atomic E-state index is -2.94. The van der Waals surface area contributed by atoms with E-state index in [0.717, 1.165) is 0 Å². The topological polar surface area (TPSA) is 70.3 Å². The molecule has 0 bridgehead atoms. The number of hydrogen-bond donors (Lipinski definition) is 1. The number of ether oxygens (including phenoxy) is 2. The first kappa shape index (κ1) is 14.2. The molecule has 7 heteroatoms. The van der Waals surface area contributed by atoms with Crippen molar-refractivity contribution in [2.75, 3.05) is 12.8 Å². The molecule has 1 aromatic heterocycles. The van der Waals surface area contributed by atoms with Gasteiger partial charge in [0.1, 0.15) is 11.6 Å². The van der Waals surface area contributed by atoms with Gasteiger partial charge >= 0.3 is 6.61 Å². The molecule has 0 fully saturated rings. The van der Waals surface area contributed by atoms with Crippen LogP contribution in [-0.4, -0.2) is 23.7 Å². The smallest absolute Gasteiger partial charge is 0.387 e. The van der Waals surface area contributed by atoms with E-state index in [1.807, 2.05) is 13.8 Å². The summed E-state index contributed by atoms with van der Waals surface area (Å²) in [6.07, 6.45) is 0. The Bertz CT molecular complexity index is 633. The summed E-state index contributed by atoms with van der Waals surface area (Å²) < 4.78 is 34.2. The normalized spacial score (nSPS) is 11.3. The van der Waals surface area contributed by atoms with Crippen LogP contribution in [0.4, 0.5) is 14.6 Å². The van der Waals surface area contributed by atoms with E-state index >= 15 is 0 Å². The standard InChI is InChI=1S/C13H15F2N3O2/c1-6(2)12-17-8-5-10(20-13(14)15)9(19-3)4-7(8)11(16)18-12/h4-6,13H,1-3H3,(H2,16,17,18). The number of methoxy groups -OCH3 is 1. The number of halogens is 2. The van der Waals surface area contributed by atoms with Crippen molar-refractivity contribution in [2.24, 2.45) is 0 Å². The average molecular weight is 283 g/mol. The molecule has 0 atom stereocenters. The number of nitrogens with two attached hydrogens (primary N) is 1. The molecule has 0 aliphatic heterocycles. The highest BCUT2D eigenvalue weighted by Crippen LogP contribution is 2.34. The first-order valence-electron chi connectivity index (χ1n) is 6.02. The minimum absolute atomic E-state index is 0.0725. The highest BCUT2D eigenvalue weighted by Gasteiger charge is 2.15. The summed E-state index contributed by atoms with van der Waals surface area (Å²) in [6, 6.07) is 2.87. The zero-order valence-corrected chi connectivity index (χ0v) is 11.4. The summed E-state index contributed by atoms with van der Waals surface area (Å²) in [6.45, 7) is 0.895. The molecule has 0 aliphatic rings. The van der Waals surface area contributed by atoms with Crippen LogP contribution >= 0.6 is 0 Å². The van der Waals surface area contributed by atoms with Crippen molar-refractivity contribution >= 4 is 16.7 Å². The number of benzene rings is 1. The fourth-order valence-corrected chi connectivity index (χ4v) is 1.78. The molecular weight excluding hydrogens is 268 g/mol. The Labute approximate surface area is 114 Å². The van der Waals surface area contributed by atoms with Crippen molar-refractivity contribution < 1.29 is 18.3 Å². The Morgan fingerprint density at radius 1 is 1.15 bits per heavy atom. The van der Waals surface area contributed by atoms with Gasteiger partial charge in [0.15, 0.2) is 11.5 Å². The number of nitrogens with zero attached hydrogens (tertiary/aromatic N) is 2. The van der Waals surface area contributed by atoms with Gasteiger partial charge in [-0.25, -0.2) is 9.97 Å². The number of hydrogen-bond acceptors (Lipinski definition) is 5. The molecule has 108 valence electrons. The summed E-state index contributed by atoms with van der Waals surface area (Å²) in [5.41, 5.74) is 6.32. The lowest BCUT2D eigenvalue weighted by atomic mass is 10.1. The lowest BCUT2D eigenvalue weighted by molar-refractivity contribution is -0.0511. The SMILES string of the molecule is COc1cc2c(N)nc(C(C)C)nc2cc1OC(F)F. The molecule has 2 N–H and O–H groups in total. The van der Waals surface area contributed by atoms with E-state index < -0.39 is 6.61 Å². The molecule has 0 saturated carbocycles. The number of alkyl halides is 2. The highest BCUT2D eigenvalue weighted by atomic mass is 19.3. The Hall–Kier alpha value is -2.18. The molecule has 0 spiro atoms. The van der Waals surface area contributed by atoms with E-state index in [9.17, 15) is 8.78 Å². The van der Waals surface area contributed by atoms with Gasteiger partial charge in [-0.3, -0.25) is 0 Å². The van der Waals surface area contributed by atoms with Crippen LogP contribution in [-0.2, 0) is 0 Å². The van der Waals surface area contributed by atoms with Crippen LogP contribution < -0.4 is 15.2 Å². The summed E-state index contributed by atoms with van der Waals surface area (Å²) in [4.78, 5) is 8.50. The Morgan fingerprint density at radius 3 is 2.40 bits per heavy atom. The molecule has 2 aromatic rings. The fourth-order valence-electron chi connectivity index (χ4n) is 1.78. The Morgan fingerprint density at radius 2 is 1.85 bits per heavy atom. The maximum absolute atomic E-state index is 12.4. The molecule has 20 heavy (non-hydrogen) atoms. The predicted molar refractivity (Wildman–Crippen MR) is 71.2 cm³/mol. The number of aromatic nitrogens is 2. The molecule has 0 unspecified atom stereocenters. The zero-order valence-electron chi connectivity index (χ0n) is 11.4. The first-order chi connectivity index (χ1) is 9.42. The largest absolute Gasteiger partial charge is 0.493 e. The summed E-state index contributed by atoms with van der Waals surface area (Å²) in [7, 11) is 1.36. The zero-order chi connectivity index (χ0) is 14.9. The van der Waals surface area contributed by atoms with Gasteiger partial charge in [0.25, 0.3) is 0 Å². The molecule has 0 amide bonds. The van der Waals surface area contributed by atoms with Crippen LogP contribution in [0, 0.1) is 0 Å². The lowest BCUT2D eigenvalue weighted by Gasteiger charge is -2.13. The Kier molecular flexibility index (Phi) is 3.87. The fraction of sp³-hybridized carbons (Fsp3) is 0.385. The van der Waals surface area contributed by atoms with Crippen LogP contribution in [0.2, 0.25) is 0 Å². The molecule has 0 saturated heterocycles. The molecule has 0 aliphatic carbocycles. The third-order valence-electron chi connectivity index (χ3n) is 2.76. The first-order valence-corrected chi connectivity index (χ1v) is 6.02. The molecular formula is C13H15F2N3O2. The third-order valence-corrected chi connectivity index (χ3v) is 2.76. The van der Waals surface area contributed by atoms with Crippen molar-refractivity contribution in [1.29, 1.82) is 0 Å². The second-order valence-corrected chi connectivity index (χ2v) is 4.52. The minimum Gasteiger partial charge on any atom is -0.493 e. The van der Waals surface area contributed by atoms with Crippen molar-refractivity contribution in [3.8, 4) is 11.5 Å². The predicted octanol–water partition coefficient (Wildman–Crippen LogP) is 2.95. The molecule has 1 aromatic carbocycles. The maximum Gasteiger partial charge on any atom is 0.387 e. The number of rotatable bonds is 4. The van der Waals surface area contributed by atoms with E-state index in [4.69, 9.17) is 10.5 Å². The quantitative estimate of drug-likeness (QED) is 0.934. The van der Waals surface area contributed by atoms with Gasteiger partial charge in [-0.05, 0) is 6.07 Å². The average Bonchev–Trinajstić information content (AvgIpc) is 2.37. The van der Waals surface area contributed by atoms with Crippen LogP contribution in [0.25, 0.3) is 10.9 Å². The summed E-state index contributed by atoms with van der Waals surface area (Å²) in [5.74, 6) is 0.972. The number of nitrogen functional groups attached to an aromatic ring is 1. The van der Waals surface area contributed by atoms with Crippen molar-refractivity contribution in [3.05, 3.63) is 18.0 Å². The van der Waals surface area contributed by atoms with Gasteiger partial charge in [-0.15, -0.1) is 0 Å². The molecule has 5 nitrogen and oxygen atoms in total. The van der Waals surface area contributed by atoms with Crippen LogP contribution in [0.1, 0.15) is 25.6 Å². The van der Waals surface area contributed by atoms with E-state index in [0.29, 0.717) is 16.7 Å². The van der Waals surface area contributed by atoms with Crippen molar-refractivity contribution in [3.63, 3.8) is 0 Å². The van der Waals surface area contributed by atoms with Gasteiger partial charge in [0, 0.05) is 17.4 Å². The van der Waals surface area contributed by atoms with Crippen LogP contribution in [0.5, 0.6) is 11.5 Å². The molecule has 0 radical (unpaired) electrons. The second-order valence-electron chi connectivity index (χ2n) is 4.52. The number of anilines is 1. The van der Waals surface area contributed by atoms with E-state index in [1.165, 1.54) is 19.2 Å². The summed E-state index contributed by atoms with van der Waals surface area (Å²) in [5, 5.41) is 0.535. The van der Waals surface area contributed by atoms with E-state index in [-0.39, 0.29) is 23.2 Å². The van der Waals surface area contributed by atoms with Gasteiger partial charge in [-0.2, -0.15) is 8.78 Å². The maximum atomic E-state index is 12.4. The van der Waals surface area contributed by atoms with Gasteiger partial charge in [0.2, 0.25) is 0 Å². The highest BCUT2D eigenvalue weighted by molar-refractivity contribution is 5.90. The second kappa shape index (κ2) is 5.44.